The van der Waals surface area contributed by atoms with Gasteiger partial charge in [0, 0.05) is 40.2 Å². The van der Waals surface area contributed by atoms with Gasteiger partial charge in [-0.2, -0.15) is 5.10 Å². The van der Waals surface area contributed by atoms with Gasteiger partial charge in [-0.15, -0.1) is 0 Å². The molecule has 29 heavy (non-hydrogen) atoms. The number of nitrogens with one attached hydrogen (secondary N) is 2. The summed E-state index contributed by atoms with van der Waals surface area (Å²) >= 11 is -2.75. The van der Waals surface area contributed by atoms with Crippen LogP contribution < -0.4 is 10.3 Å². The van der Waals surface area contributed by atoms with Crippen molar-refractivity contribution in [2.75, 3.05) is 0 Å². The zero-order valence-electron chi connectivity index (χ0n) is 15.5. The number of amides is 1. The molecule has 8 nitrogen and oxygen atoms in total. The van der Waals surface area contributed by atoms with Crippen LogP contribution in [0.2, 0.25) is 0 Å². The Balaban J connectivity index is 1.83. The van der Waals surface area contributed by atoms with Crippen LogP contribution in [0.4, 0.5) is 0 Å². The number of hydrogen-bond donors (Lipinski definition) is 2. The van der Waals surface area contributed by atoms with Gasteiger partial charge in [0.1, 0.15) is 6.54 Å². The fourth-order valence-corrected chi connectivity index (χ4v) is 3.83. The molecule has 0 fully saturated rings. The standard InChI is InChI=1S/C20H18N4O4S/c1-12-5-4-8-16-19(12)13(10-21-16)9-17-14-6-2-3-7-15(14)20(26)24(22-17)11-18(25)23-29(27)28/h2-8,10,21H,9,11H2,1H3,(H,23,25)(H,27,28)/p-1. The Bertz CT molecular complexity index is 1330. The van der Waals surface area contributed by atoms with Crippen LogP contribution in [0, 0.1) is 6.92 Å². The van der Waals surface area contributed by atoms with Gasteiger partial charge in [-0.25, -0.2) is 4.68 Å². The van der Waals surface area contributed by atoms with E-state index in [0.717, 1.165) is 26.7 Å². The van der Waals surface area contributed by atoms with Gasteiger partial charge in [0.15, 0.2) is 0 Å². The molecule has 148 valence electrons. The molecule has 0 aliphatic carbocycles. The van der Waals surface area contributed by atoms with Crippen molar-refractivity contribution < 1.29 is 13.6 Å². The number of aromatic amines is 1. The van der Waals surface area contributed by atoms with Crippen molar-refractivity contribution >= 4 is 38.8 Å². The third-order valence-corrected chi connectivity index (χ3v) is 5.18. The van der Waals surface area contributed by atoms with Crippen molar-refractivity contribution in [2.24, 2.45) is 0 Å². The third-order valence-electron chi connectivity index (χ3n) is 4.79. The Morgan fingerprint density at radius 2 is 1.97 bits per heavy atom. The van der Waals surface area contributed by atoms with E-state index in [1.165, 1.54) is 0 Å². The van der Waals surface area contributed by atoms with Crippen molar-refractivity contribution in [3.05, 3.63) is 75.8 Å². The van der Waals surface area contributed by atoms with Crippen molar-refractivity contribution in [1.82, 2.24) is 19.5 Å². The molecule has 0 aliphatic heterocycles. The molecule has 4 aromatic rings. The van der Waals surface area contributed by atoms with E-state index in [9.17, 15) is 18.4 Å². The molecule has 0 aliphatic rings. The molecule has 0 bridgehead atoms. The predicted octanol–water partition coefficient (Wildman–Crippen LogP) is 1.69. The Labute approximate surface area is 168 Å². The molecule has 2 heterocycles. The monoisotopic (exact) mass is 409 g/mol. The largest absolute Gasteiger partial charge is 0.755 e. The number of aryl methyl sites for hydroxylation is 1. The highest BCUT2D eigenvalue weighted by molar-refractivity contribution is 7.77. The van der Waals surface area contributed by atoms with E-state index in [0.29, 0.717) is 22.9 Å². The lowest BCUT2D eigenvalue weighted by atomic mass is 10.0. The van der Waals surface area contributed by atoms with Crippen LogP contribution in [0.25, 0.3) is 21.7 Å². The maximum atomic E-state index is 12.7. The van der Waals surface area contributed by atoms with E-state index < -0.39 is 29.3 Å². The van der Waals surface area contributed by atoms with Crippen molar-refractivity contribution in [2.45, 2.75) is 19.9 Å². The number of nitrogens with zero attached hydrogens (tertiary/aromatic N) is 2. The summed E-state index contributed by atoms with van der Waals surface area (Å²) in [5.41, 5.74) is 3.32. The fourth-order valence-electron chi connectivity index (χ4n) is 3.58. The van der Waals surface area contributed by atoms with Crippen LogP contribution in [-0.4, -0.2) is 29.4 Å². The SMILES string of the molecule is Cc1cccc2[nH]cc(Cc3nn(CC(=O)NS(=O)[O-])c(=O)c4ccccc34)c12. The molecule has 0 spiro atoms. The highest BCUT2D eigenvalue weighted by Crippen LogP contribution is 2.25. The lowest BCUT2D eigenvalue weighted by Gasteiger charge is -2.12. The summed E-state index contributed by atoms with van der Waals surface area (Å²) in [6.07, 6.45) is 2.36. The highest BCUT2D eigenvalue weighted by Gasteiger charge is 2.15. The maximum Gasteiger partial charge on any atom is 0.275 e. The van der Waals surface area contributed by atoms with E-state index in [1.54, 1.807) is 16.9 Å². The summed E-state index contributed by atoms with van der Waals surface area (Å²) in [6.45, 7) is 1.54. The quantitative estimate of drug-likeness (QED) is 0.486. The van der Waals surface area contributed by atoms with E-state index >= 15 is 0 Å². The Kier molecular flexibility index (Phi) is 4.99. The van der Waals surface area contributed by atoms with Crippen LogP contribution in [0.15, 0.2) is 53.5 Å². The molecular weight excluding hydrogens is 392 g/mol. The summed E-state index contributed by atoms with van der Waals surface area (Å²) in [6, 6.07) is 13.0. The second-order valence-corrected chi connectivity index (χ2v) is 7.38. The first-order valence-electron chi connectivity index (χ1n) is 8.87. The zero-order valence-corrected chi connectivity index (χ0v) is 16.3. The molecule has 4 rings (SSSR count). The van der Waals surface area contributed by atoms with E-state index in [1.807, 2.05) is 43.5 Å². The summed E-state index contributed by atoms with van der Waals surface area (Å²) in [7, 11) is 0. The molecular formula is C20H17N4O4S-. The molecule has 0 radical (unpaired) electrons. The first kappa shape index (κ1) is 19.0. The molecule has 0 saturated heterocycles. The molecule has 1 unspecified atom stereocenters. The van der Waals surface area contributed by atoms with Gasteiger partial charge in [0.2, 0.25) is 0 Å². The number of carbonyl (C=O) groups excluding carboxylic acids is 1. The second-order valence-electron chi connectivity index (χ2n) is 6.70. The van der Waals surface area contributed by atoms with Gasteiger partial charge in [-0.3, -0.25) is 18.5 Å². The fraction of sp³-hybridized carbons (Fsp3) is 0.150. The van der Waals surface area contributed by atoms with E-state index in [-0.39, 0.29) is 0 Å². The Morgan fingerprint density at radius 1 is 1.21 bits per heavy atom. The summed E-state index contributed by atoms with van der Waals surface area (Å²) in [4.78, 5) is 27.8. The van der Waals surface area contributed by atoms with Crippen molar-refractivity contribution in [3.8, 4) is 0 Å². The molecule has 9 heteroatoms. The smallest absolute Gasteiger partial charge is 0.275 e. The van der Waals surface area contributed by atoms with Crippen LogP contribution in [0.3, 0.4) is 0 Å². The van der Waals surface area contributed by atoms with Crippen molar-refractivity contribution in [1.29, 1.82) is 0 Å². The molecule has 1 amide bonds. The van der Waals surface area contributed by atoms with Crippen LogP contribution in [0.1, 0.15) is 16.8 Å². The molecule has 0 saturated carbocycles. The third kappa shape index (κ3) is 3.69. The molecule has 1 atom stereocenters. The number of benzene rings is 2. The van der Waals surface area contributed by atoms with E-state index in [2.05, 4.69) is 10.1 Å². The van der Waals surface area contributed by atoms with Crippen LogP contribution >= 0.6 is 0 Å². The van der Waals surface area contributed by atoms with Gasteiger partial charge in [0.05, 0.1) is 11.1 Å². The zero-order chi connectivity index (χ0) is 20.5. The van der Waals surface area contributed by atoms with Gasteiger partial charge in [-0.1, -0.05) is 30.3 Å². The minimum Gasteiger partial charge on any atom is -0.755 e. The minimum absolute atomic E-state index is 0.421. The number of carbonyl (C=O) groups is 1. The van der Waals surface area contributed by atoms with Crippen LogP contribution in [0.5, 0.6) is 0 Å². The van der Waals surface area contributed by atoms with Gasteiger partial charge in [0.25, 0.3) is 11.5 Å². The topological polar surface area (TPSA) is 120 Å². The first-order valence-corrected chi connectivity index (χ1v) is 9.94. The summed E-state index contributed by atoms with van der Waals surface area (Å²) in [5, 5.41) is 6.60. The number of fused-ring (bicyclic) bond motifs is 2. The van der Waals surface area contributed by atoms with Crippen molar-refractivity contribution in [3.63, 3.8) is 0 Å². The van der Waals surface area contributed by atoms with Crippen LogP contribution in [-0.2, 0) is 29.0 Å². The number of aromatic nitrogens is 3. The summed E-state index contributed by atoms with van der Waals surface area (Å²) in [5.74, 6) is -0.836. The Morgan fingerprint density at radius 3 is 2.72 bits per heavy atom. The average Bonchev–Trinajstić information content (AvgIpc) is 3.09. The lowest BCUT2D eigenvalue weighted by molar-refractivity contribution is -0.120. The number of hydrogen-bond acceptors (Lipinski definition) is 5. The average molecular weight is 409 g/mol. The van der Waals surface area contributed by atoms with Gasteiger partial charge >= 0.3 is 0 Å². The Hall–Kier alpha value is -3.30. The molecule has 2 aromatic carbocycles. The highest BCUT2D eigenvalue weighted by atomic mass is 32.2. The number of rotatable bonds is 5. The van der Waals surface area contributed by atoms with Gasteiger partial charge in [-0.05, 0) is 30.2 Å². The van der Waals surface area contributed by atoms with E-state index in [4.69, 9.17) is 0 Å². The summed E-state index contributed by atoms with van der Waals surface area (Å²) < 4.78 is 24.1. The first-order chi connectivity index (χ1) is 13.9. The second kappa shape index (κ2) is 7.61. The maximum absolute atomic E-state index is 12.7. The predicted molar refractivity (Wildman–Crippen MR) is 109 cm³/mol. The van der Waals surface area contributed by atoms with Gasteiger partial charge < -0.3 is 9.54 Å². The normalized spacial score (nSPS) is 12.3. The molecule has 2 aromatic heterocycles. The lowest BCUT2D eigenvalue weighted by Crippen LogP contribution is -2.35. The minimum atomic E-state index is -2.75. The molecule has 2 N–H and O–H groups in total. The number of H-pyrrole nitrogens is 1.